The summed E-state index contributed by atoms with van der Waals surface area (Å²) >= 11 is 0. The van der Waals surface area contributed by atoms with Crippen LogP contribution < -0.4 is 5.32 Å². The fraction of sp³-hybridized carbons (Fsp3) is 0.200. The van der Waals surface area contributed by atoms with Gasteiger partial charge in [0.1, 0.15) is 6.23 Å². The molecule has 11 heteroatoms. The molecule has 0 heterocycles. The van der Waals surface area contributed by atoms with Crippen molar-refractivity contribution in [3.63, 3.8) is 0 Å². The first-order chi connectivity index (χ1) is 19.5. The van der Waals surface area contributed by atoms with Crippen LogP contribution in [0, 0.1) is 0 Å². The zero-order valence-corrected chi connectivity index (χ0v) is 22.1. The Labute approximate surface area is 235 Å². The monoisotopic (exact) mass is 565 g/mol. The van der Waals surface area contributed by atoms with Crippen LogP contribution in [0.5, 0.6) is 34.5 Å². The van der Waals surface area contributed by atoms with Gasteiger partial charge in [0.05, 0.1) is 0 Å². The minimum absolute atomic E-state index is 0.123. The molecule has 2 unspecified atom stereocenters. The quantitative estimate of drug-likeness (QED) is 0.0560. The summed E-state index contributed by atoms with van der Waals surface area (Å²) in [4.78, 5) is 25.6. The Balaban J connectivity index is 1.83. The van der Waals surface area contributed by atoms with Crippen molar-refractivity contribution in [3.8, 4) is 34.5 Å². The number of ether oxygens (including phenoxy) is 1. The van der Waals surface area contributed by atoms with Crippen molar-refractivity contribution in [1.29, 1.82) is 0 Å². The third-order valence-corrected chi connectivity index (χ3v) is 5.95. The Hall–Kier alpha value is -5.16. The van der Waals surface area contributed by atoms with Gasteiger partial charge < -0.3 is 45.8 Å². The first kappa shape index (κ1) is 30.4. The summed E-state index contributed by atoms with van der Waals surface area (Å²) in [7, 11) is 0. The second-order valence-electron chi connectivity index (χ2n) is 9.12. The van der Waals surface area contributed by atoms with Gasteiger partial charge in [-0.25, -0.2) is 4.79 Å². The number of hydrogen-bond donors (Lipinski definition) is 8. The Morgan fingerprint density at radius 3 is 2.15 bits per heavy atom. The number of aliphatic hydroxyl groups excluding tert-OH is 1. The van der Waals surface area contributed by atoms with Gasteiger partial charge in [-0.3, -0.25) is 4.79 Å². The minimum Gasteiger partial charge on any atom is -0.504 e. The molecule has 1 amide bonds. The Morgan fingerprint density at radius 1 is 0.829 bits per heavy atom. The van der Waals surface area contributed by atoms with E-state index in [1.165, 1.54) is 66.8 Å². The number of amides is 1. The van der Waals surface area contributed by atoms with E-state index in [0.717, 1.165) is 6.08 Å². The van der Waals surface area contributed by atoms with Crippen molar-refractivity contribution in [1.82, 2.24) is 5.32 Å². The number of phenolic OH excluding ortho intramolecular Hbond substituents is 6. The lowest BCUT2D eigenvalue weighted by atomic mass is 10.0. The van der Waals surface area contributed by atoms with Crippen molar-refractivity contribution >= 4 is 30.1 Å². The van der Waals surface area contributed by atoms with Crippen molar-refractivity contribution in [2.75, 3.05) is 0 Å². The largest absolute Gasteiger partial charge is 0.504 e. The molecule has 0 spiro atoms. The molecule has 8 N–H and O–H groups in total. The van der Waals surface area contributed by atoms with Crippen LogP contribution in [-0.2, 0) is 20.7 Å². The van der Waals surface area contributed by atoms with Gasteiger partial charge in [-0.15, -0.1) is 0 Å². The van der Waals surface area contributed by atoms with Gasteiger partial charge in [0.25, 0.3) is 5.91 Å². The highest BCUT2D eigenvalue weighted by molar-refractivity contribution is 5.92. The normalized spacial score (nSPS) is 12.8. The average molecular weight is 566 g/mol. The highest BCUT2D eigenvalue weighted by atomic mass is 16.5. The molecule has 0 aliphatic heterocycles. The van der Waals surface area contributed by atoms with E-state index >= 15 is 0 Å². The predicted molar refractivity (Wildman–Crippen MR) is 150 cm³/mol. The van der Waals surface area contributed by atoms with E-state index in [1.54, 1.807) is 0 Å². The molecule has 0 saturated carbocycles. The number of carbonyl (C=O) groups is 2. The van der Waals surface area contributed by atoms with Crippen LogP contribution in [0.2, 0.25) is 0 Å². The van der Waals surface area contributed by atoms with E-state index < -0.39 is 41.5 Å². The molecule has 41 heavy (non-hydrogen) atoms. The second kappa shape index (κ2) is 13.8. The maximum atomic E-state index is 12.8. The number of esters is 1. The van der Waals surface area contributed by atoms with E-state index in [0.29, 0.717) is 23.1 Å². The smallest absolute Gasteiger partial charge is 0.331 e. The Kier molecular flexibility index (Phi) is 10.2. The number of benzene rings is 3. The van der Waals surface area contributed by atoms with Gasteiger partial charge in [0, 0.05) is 18.1 Å². The molecule has 3 rings (SSSR count). The minimum atomic E-state index is -1.41. The van der Waals surface area contributed by atoms with Crippen LogP contribution >= 0.6 is 0 Å². The number of hydrogen-bond acceptors (Lipinski definition) is 10. The summed E-state index contributed by atoms with van der Waals surface area (Å²) in [5.74, 6) is -4.05. The standard InChI is InChI=1S/C30H31NO10/c1-2-3-27(37)31-30(40)26(16-18-6-11-22(33)25(36)15-18)41-28(38)13-8-19-7-12-23(34)29(39)20(19)9-4-17-5-10-21(32)24(35)14-17/h4-15,26-27,32-37,39H,2-3,16H2,1H3,(H,31,40)/b9-4+,13-8+. The number of aromatic hydroxyl groups is 6. The molecule has 0 bridgehead atoms. The van der Waals surface area contributed by atoms with Crippen LogP contribution in [-0.4, -0.2) is 60.0 Å². The van der Waals surface area contributed by atoms with E-state index in [4.69, 9.17) is 4.74 Å². The van der Waals surface area contributed by atoms with Gasteiger partial charge in [-0.2, -0.15) is 0 Å². The van der Waals surface area contributed by atoms with Crippen LogP contribution in [0.15, 0.2) is 54.6 Å². The summed E-state index contributed by atoms with van der Waals surface area (Å²) in [6, 6.07) is 10.6. The zero-order valence-electron chi connectivity index (χ0n) is 22.1. The highest BCUT2D eigenvalue weighted by Crippen LogP contribution is 2.34. The molecular weight excluding hydrogens is 534 g/mol. The lowest BCUT2D eigenvalue weighted by Gasteiger charge is -2.19. The summed E-state index contributed by atoms with van der Waals surface area (Å²) in [6.07, 6.45) is 3.34. The van der Waals surface area contributed by atoms with Crippen LogP contribution in [0.25, 0.3) is 18.2 Å². The van der Waals surface area contributed by atoms with Gasteiger partial charge in [-0.05, 0) is 65.6 Å². The molecule has 11 nitrogen and oxygen atoms in total. The molecule has 2 atom stereocenters. The second-order valence-corrected chi connectivity index (χ2v) is 9.12. The highest BCUT2D eigenvalue weighted by Gasteiger charge is 2.25. The summed E-state index contributed by atoms with van der Waals surface area (Å²) < 4.78 is 5.36. The number of rotatable bonds is 11. The molecule has 0 saturated heterocycles. The number of phenols is 6. The maximum Gasteiger partial charge on any atom is 0.331 e. The summed E-state index contributed by atoms with van der Waals surface area (Å²) in [6.45, 7) is 1.82. The van der Waals surface area contributed by atoms with Gasteiger partial charge in [0.15, 0.2) is 40.6 Å². The van der Waals surface area contributed by atoms with Gasteiger partial charge in [0.2, 0.25) is 0 Å². The molecule has 0 fully saturated rings. The molecule has 3 aromatic carbocycles. The van der Waals surface area contributed by atoms with Crippen molar-refractivity contribution in [2.45, 2.75) is 38.5 Å². The first-order valence-electron chi connectivity index (χ1n) is 12.6. The van der Waals surface area contributed by atoms with Crippen LogP contribution in [0.4, 0.5) is 0 Å². The molecular formula is C30H31NO10. The molecule has 0 aliphatic carbocycles. The number of aliphatic hydroxyl groups is 1. The van der Waals surface area contributed by atoms with Crippen molar-refractivity contribution in [3.05, 3.63) is 76.9 Å². The number of nitrogens with one attached hydrogen (secondary N) is 1. The number of carbonyl (C=O) groups excluding carboxylic acids is 2. The fourth-order valence-electron chi connectivity index (χ4n) is 3.79. The Morgan fingerprint density at radius 2 is 1.49 bits per heavy atom. The first-order valence-corrected chi connectivity index (χ1v) is 12.6. The predicted octanol–water partition coefficient (Wildman–Crippen LogP) is 3.49. The lowest BCUT2D eigenvalue weighted by Crippen LogP contribution is -2.44. The fourth-order valence-corrected chi connectivity index (χ4v) is 3.79. The maximum absolute atomic E-state index is 12.8. The molecule has 0 radical (unpaired) electrons. The van der Waals surface area contributed by atoms with Crippen LogP contribution in [0.3, 0.4) is 0 Å². The molecule has 0 aromatic heterocycles. The van der Waals surface area contributed by atoms with Crippen molar-refractivity contribution in [2.24, 2.45) is 0 Å². The molecule has 3 aromatic rings. The van der Waals surface area contributed by atoms with E-state index in [2.05, 4.69) is 5.32 Å². The average Bonchev–Trinajstić information content (AvgIpc) is 2.92. The summed E-state index contributed by atoms with van der Waals surface area (Å²) in [5.41, 5.74) is 1.26. The zero-order chi connectivity index (χ0) is 30.1. The van der Waals surface area contributed by atoms with Crippen LogP contribution in [0.1, 0.15) is 42.0 Å². The van der Waals surface area contributed by atoms with Gasteiger partial charge in [-0.1, -0.05) is 37.6 Å². The molecule has 0 aliphatic rings. The SMILES string of the molecule is CCCC(O)NC(=O)C(Cc1ccc(O)c(O)c1)OC(=O)/C=C/c1ccc(O)c(O)c1/C=C/c1ccc(O)c(O)c1. The third kappa shape index (κ3) is 8.41. The third-order valence-electron chi connectivity index (χ3n) is 5.95. The van der Waals surface area contributed by atoms with Crippen molar-refractivity contribution < 1.29 is 50.1 Å². The topological polar surface area (TPSA) is 197 Å². The Bertz CT molecular complexity index is 1460. The van der Waals surface area contributed by atoms with Gasteiger partial charge >= 0.3 is 5.97 Å². The van der Waals surface area contributed by atoms with E-state index in [9.17, 15) is 45.3 Å². The summed E-state index contributed by atoms with van der Waals surface area (Å²) in [5, 5.41) is 71.3. The molecule has 216 valence electrons. The van der Waals surface area contributed by atoms with E-state index in [-0.39, 0.29) is 35.7 Å². The lowest BCUT2D eigenvalue weighted by molar-refractivity contribution is -0.152. The van der Waals surface area contributed by atoms with E-state index in [1.807, 2.05) is 6.92 Å².